The van der Waals surface area contributed by atoms with E-state index in [1.54, 1.807) is 0 Å². The van der Waals surface area contributed by atoms with Crippen LogP contribution in [0.4, 0.5) is 0 Å². The summed E-state index contributed by atoms with van der Waals surface area (Å²) in [5.74, 6) is 0. The number of benzene rings is 2. The van der Waals surface area contributed by atoms with Gasteiger partial charge in [-0.05, 0) is 72.1 Å². The summed E-state index contributed by atoms with van der Waals surface area (Å²) in [5, 5.41) is 0. The normalized spacial score (nSPS) is 16.1. The molecule has 1 atom stereocenters. The van der Waals surface area contributed by atoms with Crippen molar-refractivity contribution in [1.29, 1.82) is 0 Å². The van der Waals surface area contributed by atoms with Crippen LogP contribution in [0.3, 0.4) is 0 Å². The van der Waals surface area contributed by atoms with Gasteiger partial charge in [-0.25, -0.2) is 0 Å². The Morgan fingerprint density at radius 3 is 2.00 bits per heavy atom. The zero-order valence-electron chi connectivity index (χ0n) is 14.5. The first-order valence-electron chi connectivity index (χ1n) is 7.88. The molecule has 0 aliphatic carbocycles. The second kappa shape index (κ2) is 7.52. The molecule has 0 nitrogen and oxygen atoms in total. The first-order chi connectivity index (χ1) is 11.0. The minimum Gasteiger partial charge on any atom is -0.164 e. The Labute approximate surface area is 142 Å². The van der Waals surface area contributed by atoms with E-state index in [1.165, 1.54) is 20.3 Å². The Balaban J connectivity index is 2.64. The highest BCUT2D eigenvalue weighted by molar-refractivity contribution is 8.36. The zero-order valence-corrected chi connectivity index (χ0v) is 15.4. The van der Waals surface area contributed by atoms with E-state index < -0.39 is 10.0 Å². The molecular weight excluding hydrogens is 296 g/mol. The van der Waals surface area contributed by atoms with Gasteiger partial charge in [-0.1, -0.05) is 60.2 Å². The Hall–Kier alpha value is -1.99. The van der Waals surface area contributed by atoms with Crippen LogP contribution >= 0.6 is 10.0 Å². The van der Waals surface area contributed by atoms with Gasteiger partial charge in [0.15, 0.2) is 0 Å². The molecule has 0 bridgehead atoms. The standard InChI is InChI=1S/C22H26S/c1-6-20(15-12-18(2)3)23(5,21-10-8-7-9-11-21)22-16-13-19(4)14-17-22/h6-17H,2H2,1,3-5H3. The number of rotatable bonds is 5. The molecular formula is C22H26S. The predicted molar refractivity (Wildman–Crippen MR) is 105 cm³/mol. The van der Waals surface area contributed by atoms with Crippen molar-refractivity contribution >= 4 is 10.0 Å². The fraction of sp³-hybridized carbons (Fsp3) is 0.182. The molecule has 1 heteroatoms. The molecule has 2 rings (SSSR count). The maximum atomic E-state index is 4.00. The van der Waals surface area contributed by atoms with Crippen molar-refractivity contribution in [3.63, 3.8) is 0 Å². The number of hydrogen-bond acceptors (Lipinski definition) is 0. The van der Waals surface area contributed by atoms with Gasteiger partial charge in [0.2, 0.25) is 0 Å². The van der Waals surface area contributed by atoms with E-state index in [1.807, 2.05) is 6.92 Å². The second-order valence-corrected chi connectivity index (χ2v) is 9.17. The molecule has 23 heavy (non-hydrogen) atoms. The molecule has 0 fully saturated rings. The molecule has 0 aliphatic heterocycles. The van der Waals surface area contributed by atoms with Crippen molar-refractivity contribution in [2.24, 2.45) is 0 Å². The summed E-state index contributed by atoms with van der Waals surface area (Å²) < 4.78 is 0. The van der Waals surface area contributed by atoms with Gasteiger partial charge in [-0.2, -0.15) is 10.0 Å². The molecule has 0 spiro atoms. The first kappa shape index (κ1) is 17.4. The van der Waals surface area contributed by atoms with Gasteiger partial charge in [0.1, 0.15) is 0 Å². The van der Waals surface area contributed by atoms with E-state index in [2.05, 4.69) is 99.5 Å². The van der Waals surface area contributed by atoms with Crippen LogP contribution in [0, 0.1) is 6.92 Å². The van der Waals surface area contributed by atoms with E-state index in [0.717, 1.165) is 5.57 Å². The summed E-state index contributed by atoms with van der Waals surface area (Å²) in [4.78, 5) is 4.12. The molecule has 0 saturated heterocycles. The van der Waals surface area contributed by atoms with Crippen molar-refractivity contribution in [1.82, 2.24) is 0 Å². The van der Waals surface area contributed by atoms with Gasteiger partial charge in [-0.3, -0.25) is 0 Å². The largest absolute Gasteiger partial charge is 0.164 e. The van der Waals surface area contributed by atoms with E-state index >= 15 is 0 Å². The van der Waals surface area contributed by atoms with Crippen LogP contribution in [0.25, 0.3) is 0 Å². The van der Waals surface area contributed by atoms with Crippen LogP contribution in [0.15, 0.2) is 99.7 Å². The van der Waals surface area contributed by atoms with Crippen LogP contribution < -0.4 is 0 Å². The van der Waals surface area contributed by atoms with Gasteiger partial charge in [0, 0.05) is 0 Å². The molecule has 0 radical (unpaired) electrons. The molecule has 0 amide bonds. The molecule has 2 aromatic carbocycles. The third kappa shape index (κ3) is 3.86. The lowest BCUT2D eigenvalue weighted by molar-refractivity contribution is 1.33. The van der Waals surface area contributed by atoms with Gasteiger partial charge in [0.05, 0.1) is 0 Å². The van der Waals surface area contributed by atoms with Crippen LogP contribution in [-0.4, -0.2) is 6.26 Å². The lowest BCUT2D eigenvalue weighted by Crippen LogP contribution is -2.02. The monoisotopic (exact) mass is 322 g/mol. The fourth-order valence-electron chi connectivity index (χ4n) is 2.60. The summed E-state index contributed by atoms with van der Waals surface area (Å²) in [6.07, 6.45) is 8.95. The molecule has 120 valence electrons. The average Bonchev–Trinajstić information content (AvgIpc) is 2.56. The molecule has 0 saturated carbocycles. The molecule has 2 aromatic rings. The predicted octanol–water partition coefficient (Wildman–Crippen LogP) is 6.88. The highest BCUT2D eigenvalue weighted by atomic mass is 32.3. The number of aryl methyl sites for hydroxylation is 1. The topological polar surface area (TPSA) is 0 Å². The highest BCUT2D eigenvalue weighted by Crippen LogP contribution is 2.65. The minimum absolute atomic E-state index is 1.07. The smallest absolute Gasteiger partial charge is 0.00211 e. The average molecular weight is 323 g/mol. The van der Waals surface area contributed by atoms with Crippen molar-refractivity contribution in [3.05, 3.63) is 95.4 Å². The Morgan fingerprint density at radius 2 is 1.48 bits per heavy atom. The third-order valence-electron chi connectivity index (χ3n) is 4.00. The fourth-order valence-corrected chi connectivity index (χ4v) is 5.61. The van der Waals surface area contributed by atoms with E-state index in [4.69, 9.17) is 0 Å². The Kier molecular flexibility index (Phi) is 5.68. The van der Waals surface area contributed by atoms with Crippen molar-refractivity contribution in [2.75, 3.05) is 6.26 Å². The summed E-state index contributed by atoms with van der Waals surface area (Å²) >= 11 is 0. The lowest BCUT2D eigenvalue weighted by Gasteiger charge is -2.38. The van der Waals surface area contributed by atoms with E-state index in [-0.39, 0.29) is 0 Å². The van der Waals surface area contributed by atoms with Gasteiger partial charge < -0.3 is 0 Å². The van der Waals surface area contributed by atoms with E-state index in [9.17, 15) is 0 Å². The Bertz CT molecular complexity index is 720. The molecule has 0 N–H and O–H groups in total. The molecule has 0 heterocycles. The summed E-state index contributed by atoms with van der Waals surface area (Å²) in [6, 6.07) is 19.8. The van der Waals surface area contributed by atoms with E-state index in [0.29, 0.717) is 0 Å². The molecule has 0 aliphatic rings. The summed E-state index contributed by atoms with van der Waals surface area (Å²) in [6.45, 7) is 10.3. The lowest BCUT2D eigenvalue weighted by atomic mass is 10.2. The van der Waals surface area contributed by atoms with Crippen molar-refractivity contribution in [3.8, 4) is 0 Å². The SMILES string of the molecule is C=C(C)C=CC(=CC)S(C)(c1ccccc1)c1ccc(C)cc1. The molecule has 1 unspecified atom stereocenters. The van der Waals surface area contributed by atoms with Crippen molar-refractivity contribution < 1.29 is 0 Å². The zero-order chi connectivity index (χ0) is 16.9. The summed E-state index contributed by atoms with van der Waals surface area (Å²) in [7, 11) is -1.27. The van der Waals surface area contributed by atoms with Crippen LogP contribution in [0.1, 0.15) is 19.4 Å². The van der Waals surface area contributed by atoms with Gasteiger partial charge >= 0.3 is 0 Å². The Morgan fingerprint density at radius 1 is 0.913 bits per heavy atom. The third-order valence-corrected chi connectivity index (χ3v) is 7.74. The van der Waals surface area contributed by atoms with Crippen LogP contribution in [0.5, 0.6) is 0 Å². The van der Waals surface area contributed by atoms with Crippen molar-refractivity contribution in [2.45, 2.75) is 30.6 Å². The quantitative estimate of drug-likeness (QED) is 0.526. The van der Waals surface area contributed by atoms with Crippen LogP contribution in [-0.2, 0) is 0 Å². The van der Waals surface area contributed by atoms with Gasteiger partial charge in [-0.15, -0.1) is 0 Å². The minimum atomic E-state index is -1.27. The maximum Gasteiger partial charge on any atom is -0.00211 e. The molecule has 0 aromatic heterocycles. The van der Waals surface area contributed by atoms with Gasteiger partial charge in [0.25, 0.3) is 0 Å². The number of allylic oxidation sites excluding steroid dienone is 4. The maximum absolute atomic E-state index is 4.00. The van der Waals surface area contributed by atoms with Crippen LogP contribution in [0.2, 0.25) is 0 Å². The number of hydrogen-bond donors (Lipinski definition) is 0. The highest BCUT2D eigenvalue weighted by Gasteiger charge is 2.26. The second-order valence-electron chi connectivity index (χ2n) is 5.92. The summed E-state index contributed by atoms with van der Waals surface area (Å²) in [5.41, 5.74) is 2.37. The first-order valence-corrected chi connectivity index (χ1v) is 9.92.